The average molecular weight is 490 g/mol. The highest BCUT2D eigenvalue weighted by atomic mass is 32.1. The Hall–Kier alpha value is -3.56. The summed E-state index contributed by atoms with van der Waals surface area (Å²) in [6.07, 6.45) is 3.81. The summed E-state index contributed by atoms with van der Waals surface area (Å²) in [4.78, 5) is 33.3. The number of allylic oxidation sites excluding steroid dienone is 1. The first-order valence-electron chi connectivity index (χ1n) is 10.9. The van der Waals surface area contributed by atoms with E-state index in [1.54, 1.807) is 4.57 Å². The Balaban J connectivity index is 1.65. The van der Waals surface area contributed by atoms with Gasteiger partial charge in [-0.25, -0.2) is 4.99 Å². The number of para-hydroxylation sites is 1. The van der Waals surface area contributed by atoms with Crippen LogP contribution in [0.5, 0.6) is 0 Å². The Labute approximate surface area is 204 Å². The molecule has 172 valence electrons. The summed E-state index contributed by atoms with van der Waals surface area (Å²) in [7, 11) is 0. The lowest BCUT2D eigenvalue weighted by Gasteiger charge is -2.24. The van der Waals surface area contributed by atoms with Crippen LogP contribution in [0, 0.1) is 6.92 Å². The van der Waals surface area contributed by atoms with Crippen molar-refractivity contribution in [2.45, 2.75) is 33.4 Å². The first-order valence-corrected chi connectivity index (χ1v) is 12.6. The van der Waals surface area contributed by atoms with Crippen LogP contribution in [-0.2, 0) is 11.3 Å². The molecule has 4 aromatic rings. The minimum atomic E-state index is -0.540. The third-order valence-corrected chi connectivity index (χ3v) is 7.61. The maximum atomic E-state index is 13.6. The highest BCUT2D eigenvalue weighted by molar-refractivity contribution is 7.10. The summed E-state index contributed by atoms with van der Waals surface area (Å²) in [5.74, 6) is -0.264. The van der Waals surface area contributed by atoms with Gasteiger partial charge < -0.3 is 5.32 Å². The quantitative estimate of drug-likeness (QED) is 0.466. The van der Waals surface area contributed by atoms with Crippen LogP contribution in [0.3, 0.4) is 0 Å². The lowest BCUT2D eigenvalue weighted by atomic mass is 10.0. The van der Waals surface area contributed by atoms with Crippen molar-refractivity contribution in [3.05, 3.63) is 101 Å². The molecule has 0 radical (unpaired) electrons. The highest BCUT2D eigenvalue weighted by Crippen LogP contribution is 2.33. The molecule has 0 unspecified atom stereocenters. The SMILES string of the molecule is CCn1cc(/C=c2/sc3n(c2=O)[C@@H](c2cccs2)C(C(=O)Nc2ccccc2)=C(C)N=3)c(C)n1. The first-order chi connectivity index (χ1) is 16.5. The van der Waals surface area contributed by atoms with Crippen LogP contribution in [-0.4, -0.2) is 20.3 Å². The third-order valence-electron chi connectivity index (χ3n) is 5.71. The zero-order chi connectivity index (χ0) is 23.8. The largest absolute Gasteiger partial charge is 0.322 e. The second kappa shape index (κ2) is 9.00. The van der Waals surface area contributed by atoms with Gasteiger partial charge in [-0.2, -0.15) is 5.10 Å². The number of hydrogen-bond acceptors (Lipinski definition) is 6. The monoisotopic (exact) mass is 489 g/mol. The molecule has 34 heavy (non-hydrogen) atoms. The molecular weight excluding hydrogens is 466 g/mol. The minimum absolute atomic E-state index is 0.164. The van der Waals surface area contributed by atoms with Crippen LogP contribution in [0.4, 0.5) is 5.69 Å². The second-order valence-corrected chi connectivity index (χ2v) is 9.93. The molecule has 0 saturated heterocycles. The summed E-state index contributed by atoms with van der Waals surface area (Å²) in [6, 6.07) is 12.6. The molecule has 0 aliphatic carbocycles. The normalized spacial score (nSPS) is 15.9. The van der Waals surface area contributed by atoms with Gasteiger partial charge in [0.1, 0.15) is 6.04 Å². The van der Waals surface area contributed by atoms with Gasteiger partial charge in [0.25, 0.3) is 11.5 Å². The van der Waals surface area contributed by atoms with Crippen molar-refractivity contribution < 1.29 is 4.79 Å². The van der Waals surface area contributed by atoms with Crippen LogP contribution in [0.15, 0.2) is 75.1 Å². The number of nitrogens with zero attached hydrogens (tertiary/aromatic N) is 4. The van der Waals surface area contributed by atoms with Crippen LogP contribution in [0.25, 0.3) is 6.08 Å². The molecule has 1 N–H and O–H groups in total. The van der Waals surface area contributed by atoms with Crippen LogP contribution >= 0.6 is 22.7 Å². The summed E-state index contributed by atoms with van der Waals surface area (Å²) in [5.41, 5.74) is 3.37. The topological polar surface area (TPSA) is 81.3 Å². The molecule has 1 aliphatic heterocycles. The molecule has 1 atom stereocenters. The molecule has 1 aromatic carbocycles. The number of carbonyl (C=O) groups excluding carboxylic acids is 1. The Kier molecular flexibility index (Phi) is 5.89. The summed E-state index contributed by atoms with van der Waals surface area (Å²) >= 11 is 2.85. The zero-order valence-corrected chi connectivity index (χ0v) is 20.6. The molecule has 5 rings (SSSR count). The number of fused-ring (bicyclic) bond motifs is 1. The molecule has 1 aliphatic rings. The first kappa shape index (κ1) is 22.2. The van der Waals surface area contributed by atoms with Gasteiger partial charge in [-0.05, 0) is 50.4 Å². The average Bonchev–Trinajstić information content (AvgIpc) is 3.54. The van der Waals surface area contributed by atoms with Gasteiger partial charge in [-0.3, -0.25) is 18.8 Å². The Morgan fingerprint density at radius 1 is 1.18 bits per heavy atom. The van der Waals surface area contributed by atoms with Crippen molar-refractivity contribution in [2.24, 2.45) is 4.99 Å². The van der Waals surface area contributed by atoms with E-state index < -0.39 is 6.04 Å². The molecule has 4 heterocycles. The van der Waals surface area contributed by atoms with E-state index in [2.05, 4.69) is 15.4 Å². The van der Waals surface area contributed by atoms with Gasteiger partial charge in [-0.1, -0.05) is 35.6 Å². The number of hydrogen-bond donors (Lipinski definition) is 1. The fraction of sp³-hybridized carbons (Fsp3) is 0.200. The molecule has 3 aromatic heterocycles. The number of carbonyl (C=O) groups is 1. The molecule has 0 saturated carbocycles. The van der Waals surface area contributed by atoms with Crippen molar-refractivity contribution in [1.29, 1.82) is 0 Å². The predicted octanol–water partition coefficient (Wildman–Crippen LogP) is 3.46. The number of thiophene rings is 1. The summed E-state index contributed by atoms with van der Waals surface area (Å²) in [5, 5.41) is 9.40. The van der Waals surface area contributed by atoms with E-state index in [9.17, 15) is 9.59 Å². The predicted molar refractivity (Wildman–Crippen MR) is 136 cm³/mol. The Bertz CT molecular complexity index is 1570. The number of aryl methyl sites for hydroxylation is 2. The molecule has 0 bridgehead atoms. The van der Waals surface area contributed by atoms with Gasteiger partial charge in [-0.15, -0.1) is 11.3 Å². The molecular formula is C25H23N5O2S2. The number of rotatable bonds is 5. The van der Waals surface area contributed by atoms with E-state index in [4.69, 9.17) is 0 Å². The van der Waals surface area contributed by atoms with Gasteiger partial charge in [0.2, 0.25) is 0 Å². The Morgan fingerprint density at radius 3 is 2.65 bits per heavy atom. The number of amides is 1. The maximum absolute atomic E-state index is 13.6. The van der Waals surface area contributed by atoms with E-state index in [0.29, 0.717) is 26.3 Å². The van der Waals surface area contributed by atoms with Gasteiger partial charge in [0.05, 0.1) is 21.5 Å². The molecule has 7 nitrogen and oxygen atoms in total. The van der Waals surface area contributed by atoms with E-state index in [0.717, 1.165) is 22.7 Å². The van der Waals surface area contributed by atoms with Crippen LogP contribution < -0.4 is 20.2 Å². The number of anilines is 1. The summed E-state index contributed by atoms with van der Waals surface area (Å²) in [6.45, 7) is 6.54. The van der Waals surface area contributed by atoms with Crippen molar-refractivity contribution in [1.82, 2.24) is 14.3 Å². The molecule has 1 amide bonds. The maximum Gasteiger partial charge on any atom is 0.271 e. The number of aromatic nitrogens is 3. The van der Waals surface area contributed by atoms with Crippen LogP contribution in [0.2, 0.25) is 0 Å². The standard InChI is InChI=1S/C25H23N5O2S2/c1-4-29-14-17(15(2)28-29)13-20-24(32)30-22(19-11-8-12-33-19)21(16(3)26-25(30)34-20)23(31)27-18-9-6-5-7-10-18/h5-14,22H,4H2,1-3H3,(H,27,31)/b20-13+/t22-/m0/s1. The van der Waals surface area contributed by atoms with Crippen molar-refractivity contribution in [2.75, 3.05) is 5.32 Å². The van der Waals surface area contributed by atoms with Gasteiger partial charge >= 0.3 is 0 Å². The molecule has 9 heteroatoms. The van der Waals surface area contributed by atoms with E-state index in [1.807, 2.05) is 85.6 Å². The van der Waals surface area contributed by atoms with Crippen molar-refractivity contribution >= 4 is 40.3 Å². The fourth-order valence-corrected chi connectivity index (χ4v) is 5.89. The number of nitrogens with one attached hydrogen (secondary N) is 1. The van der Waals surface area contributed by atoms with E-state index in [-0.39, 0.29) is 11.5 Å². The Morgan fingerprint density at radius 2 is 1.97 bits per heavy atom. The molecule has 0 spiro atoms. The lowest BCUT2D eigenvalue weighted by molar-refractivity contribution is -0.113. The lowest BCUT2D eigenvalue weighted by Crippen LogP contribution is -2.40. The van der Waals surface area contributed by atoms with Gasteiger partial charge in [0.15, 0.2) is 4.80 Å². The minimum Gasteiger partial charge on any atom is -0.322 e. The van der Waals surface area contributed by atoms with Gasteiger partial charge in [0, 0.05) is 28.9 Å². The third kappa shape index (κ3) is 3.97. The molecule has 0 fully saturated rings. The van der Waals surface area contributed by atoms with E-state index >= 15 is 0 Å². The second-order valence-electron chi connectivity index (χ2n) is 7.94. The smallest absolute Gasteiger partial charge is 0.271 e. The van der Waals surface area contributed by atoms with E-state index in [1.165, 1.54) is 22.7 Å². The zero-order valence-electron chi connectivity index (χ0n) is 19.0. The number of benzene rings is 1. The summed E-state index contributed by atoms with van der Waals surface area (Å²) < 4.78 is 4.06. The van der Waals surface area contributed by atoms with Crippen molar-refractivity contribution in [3.63, 3.8) is 0 Å². The number of thiazole rings is 1. The van der Waals surface area contributed by atoms with Crippen LogP contribution in [0.1, 0.15) is 36.0 Å². The highest BCUT2D eigenvalue weighted by Gasteiger charge is 2.33. The van der Waals surface area contributed by atoms with Crippen molar-refractivity contribution in [3.8, 4) is 0 Å². The fourth-order valence-electron chi connectivity index (χ4n) is 4.03.